The molecule has 0 bridgehead atoms. The number of hydrogen-bond acceptors (Lipinski definition) is 4. The molecule has 0 aliphatic carbocycles. The molecule has 1 unspecified atom stereocenters. The highest BCUT2D eigenvalue weighted by molar-refractivity contribution is 5.81. The number of nitrogens with one attached hydrogen (secondary N) is 1. The lowest BCUT2D eigenvalue weighted by molar-refractivity contribution is -0.126. The Morgan fingerprint density at radius 1 is 1.27 bits per heavy atom. The summed E-state index contributed by atoms with van der Waals surface area (Å²) in [5.74, 6) is -0.223. The molecule has 1 aromatic carbocycles. The molecule has 1 heterocycles. The average Bonchev–Trinajstić information content (AvgIpc) is 2.55. The predicted octanol–water partition coefficient (Wildman–Crippen LogP) is 0.835. The van der Waals surface area contributed by atoms with Crippen molar-refractivity contribution < 1.29 is 14.3 Å². The minimum atomic E-state index is -0.226. The third kappa shape index (κ3) is 4.42. The molecule has 0 aromatic heterocycles. The number of rotatable bonds is 6. The van der Waals surface area contributed by atoms with Gasteiger partial charge in [-0.15, -0.1) is 0 Å². The average molecular weight is 309 g/mol. The van der Waals surface area contributed by atoms with Gasteiger partial charge in [0.25, 0.3) is 0 Å². The molecule has 0 spiro atoms. The van der Waals surface area contributed by atoms with E-state index < -0.39 is 0 Å². The van der Waals surface area contributed by atoms with E-state index in [9.17, 15) is 9.18 Å². The molecule has 1 fully saturated rings. The van der Waals surface area contributed by atoms with E-state index in [0.717, 1.165) is 31.9 Å². The van der Waals surface area contributed by atoms with Crippen LogP contribution >= 0.6 is 0 Å². The van der Waals surface area contributed by atoms with Crippen LogP contribution in [0.4, 0.5) is 10.1 Å². The van der Waals surface area contributed by atoms with Gasteiger partial charge in [0, 0.05) is 45.0 Å². The summed E-state index contributed by atoms with van der Waals surface area (Å²) in [6, 6.07) is 6.35. The molecule has 1 atom stereocenters. The van der Waals surface area contributed by atoms with Crippen molar-refractivity contribution in [2.45, 2.75) is 19.4 Å². The number of aliphatic hydroxyl groups is 1. The van der Waals surface area contributed by atoms with Gasteiger partial charge < -0.3 is 15.3 Å². The summed E-state index contributed by atoms with van der Waals surface area (Å²) in [6.07, 6.45) is 0.580. The summed E-state index contributed by atoms with van der Waals surface area (Å²) in [6.45, 7) is 5.74. The Morgan fingerprint density at radius 2 is 1.91 bits per heavy atom. The van der Waals surface area contributed by atoms with E-state index in [0.29, 0.717) is 13.0 Å². The van der Waals surface area contributed by atoms with Gasteiger partial charge in [-0.1, -0.05) is 0 Å². The van der Waals surface area contributed by atoms with Gasteiger partial charge in [0.2, 0.25) is 5.91 Å². The van der Waals surface area contributed by atoms with E-state index in [4.69, 9.17) is 5.11 Å². The number of piperazine rings is 1. The first-order valence-corrected chi connectivity index (χ1v) is 7.75. The molecule has 1 aliphatic rings. The lowest BCUT2D eigenvalue weighted by Crippen LogP contribution is -2.54. The lowest BCUT2D eigenvalue weighted by Gasteiger charge is -2.38. The van der Waals surface area contributed by atoms with Crippen LogP contribution in [-0.2, 0) is 4.79 Å². The number of anilines is 1. The third-order valence-electron chi connectivity index (χ3n) is 4.07. The highest BCUT2D eigenvalue weighted by Crippen LogP contribution is 2.17. The van der Waals surface area contributed by atoms with Crippen molar-refractivity contribution in [1.29, 1.82) is 0 Å². The number of amides is 1. The summed E-state index contributed by atoms with van der Waals surface area (Å²) < 4.78 is 13.0. The van der Waals surface area contributed by atoms with Crippen LogP contribution < -0.4 is 10.2 Å². The van der Waals surface area contributed by atoms with Crippen molar-refractivity contribution in [3.8, 4) is 0 Å². The quantitative estimate of drug-likeness (QED) is 0.765. The van der Waals surface area contributed by atoms with Crippen LogP contribution in [0.25, 0.3) is 0 Å². The zero-order valence-corrected chi connectivity index (χ0v) is 13.0. The summed E-state index contributed by atoms with van der Waals surface area (Å²) in [7, 11) is 0. The number of halogens is 1. The normalized spacial score (nSPS) is 17.3. The summed E-state index contributed by atoms with van der Waals surface area (Å²) >= 11 is 0. The fraction of sp³-hybridized carbons (Fsp3) is 0.562. The fourth-order valence-electron chi connectivity index (χ4n) is 2.62. The Labute approximate surface area is 130 Å². The van der Waals surface area contributed by atoms with Crippen molar-refractivity contribution in [2.75, 3.05) is 44.2 Å². The second kappa shape index (κ2) is 8.10. The van der Waals surface area contributed by atoms with Gasteiger partial charge in [-0.25, -0.2) is 4.39 Å². The van der Waals surface area contributed by atoms with Gasteiger partial charge in [-0.05, 0) is 37.6 Å². The van der Waals surface area contributed by atoms with Gasteiger partial charge in [0.1, 0.15) is 5.82 Å². The number of benzene rings is 1. The second-order valence-corrected chi connectivity index (χ2v) is 5.54. The summed E-state index contributed by atoms with van der Waals surface area (Å²) in [5.41, 5.74) is 1.01. The van der Waals surface area contributed by atoms with Gasteiger partial charge >= 0.3 is 0 Å². The Bertz CT molecular complexity index is 473. The van der Waals surface area contributed by atoms with Crippen LogP contribution in [0.2, 0.25) is 0 Å². The van der Waals surface area contributed by atoms with Gasteiger partial charge in [-0.2, -0.15) is 0 Å². The molecule has 5 nitrogen and oxygen atoms in total. The van der Waals surface area contributed by atoms with Crippen LogP contribution in [-0.4, -0.2) is 61.3 Å². The standard InChI is InChI=1S/C16H24FN3O2/c1-13(16(22)18-7-2-12-21)19-8-10-20(11-9-19)15-5-3-14(17)4-6-15/h3-6,13,21H,2,7-12H2,1H3,(H,18,22). The molecule has 122 valence electrons. The van der Waals surface area contributed by atoms with Crippen molar-refractivity contribution in [3.63, 3.8) is 0 Å². The minimum absolute atomic E-state index is 0.00341. The Balaban J connectivity index is 1.81. The summed E-state index contributed by atoms with van der Waals surface area (Å²) in [4.78, 5) is 16.4. The first-order valence-electron chi connectivity index (χ1n) is 7.75. The largest absolute Gasteiger partial charge is 0.396 e. The molecule has 0 radical (unpaired) electrons. The number of nitrogens with zero attached hydrogens (tertiary/aromatic N) is 2. The van der Waals surface area contributed by atoms with E-state index in [1.165, 1.54) is 12.1 Å². The van der Waals surface area contributed by atoms with Crippen LogP contribution in [0.3, 0.4) is 0 Å². The zero-order chi connectivity index (χ0) is 15.9. The van der Waals surface area contributed by atoms with Crippen LogP contribution in [0.1, 0.15) is 13.3 Å². The molecule has 2 N–H and O–H groups in total. The Morgan fingerprint density at radius 3 is 2.50 bits per heavy atom. The zero-order valence-electron chi connectivity index (χ0n) is 13.0. The number of hydrogen-bond donors (Lipinski definition) is 2. The highest BCUT2D eigenvalue weighted by Gasteiger charge is 2.25. The SMILES string of the molecule is CC(C(=O)NCCCO)N1CCN(c2ccc(F)cc2)CC1. The topological polar surface area (TPSA) is 55.8 Å². The maximum Gasteiger partial charge on any atom is 0.237 e. The smallest absolute Gasteiger partial charge is 0.237 e. The lowest BCUT2D eigenvalue weighted by atomic mass is 10.2. The fourth-order valence-corrected chi connectivity index (χ4v) is 2.62. The predicted molar refractivity (Wildman–Crippen MR) is 84.4 cm³/mol. The van der Waals surface area contributed by atoms with Gasteiger partial charge in [-0.3, -0.25) is 9.69 Å². The number of aliphatic hydroxyl groups excluding tert-OH is 1. The van der Waals surface area contributed by atoms with Gasteiger partial charge in [0.15, 0.2) is 0 Å². The third-order valence-corrected chi connectivity index (χ3v) is 4.07. The number of carbonyl (C=O) groups is 1. The van der Waals surface area contributed by atoms with E-state index in [1.807, 2.05) is 6.92 Å². The van der Waals surface area contributed by atoms with E-state index in [2.05, 4.69) is 15.1 Å². The van der Waals surface area contributed by atoms with E-state index in [-0.39, 0.29) is 24.4 Å². The Kier molecular flexibility index (Phi) is 6.15. The van der Waals surface area contributed by atoms with Crippen LogP contribution in [0.5, 0.6) is 0 Å². The molecule has 22 heavy (non-hydrogen) atoms. The first kappa shape index (κ1) is 16.7. The monoisotopic (exact) mass is 309 g/mol. The maximum atomic E-state index is 13.0. The van der Waals surface area contributed by atoms with Crippen molar-refractivity contribution in [2.24, 2.45) is 0 Å². The molecular weight excluding hydrogens is 285 g/mol. The van der Waals surface area contributed by atoms with Crippen molar-refractivity contribution in [1.82, 2.24) is 10.2 Å². The highest BCUT2D eigenvalue weighted by atomic mass is 19.1. The first-order chi connectivity index (χ1) is 10.6. The van der Waals surface area contributed by atoms with Crippen molar-refractivity contribution in [3.05, 3.63) is 30.1 Å². The Hall–Kier alpha value is -1.66. The van der Waals surface area contributed by atoms with Crippen LogP contribution in [0, 0.1) is 5.82 Å². The maximum absolute atomic E-state index is 13.0. The van der Waals surface area contributed by atoms with Gasteiger partial charge in [0.05, 0.1) is 6.04 Å². The van der Waals surface area contributed by atoms with E-state index in [1.54, 1.807) is 12.1 Å². The molecule has 2 rings (SSSR count). The molecule has 1 saturated heterocycles. The minimum Gasteiger partial charge on any atom is -0.396 e. The molecule has 1 amide bonds. The van der Waals surface area contributed by atoms with Crippen molar-refractivity contribution >= 4 is 11.6 Å². The van der Waals surface area contributed by atoms with E-state index >= 15 is 0 Å². The molecule has 6 heteroatoms. The molecular formula is C16H24FN3O2. The molecule has 1 aromatic rings. The molecule has 0 saturated carbocycles. The summed E-state index contributed by atoms with van der Waals surface area (Å²) in [5, 5.41) is 11.6. The second-order valence-electron chi connectivity index (χ2n) is 5.54. The molecule has 1 aliphatic heterocycles. The van der Waals surface area contributed by atoms with Crippen LogP contribution in [0.15, 0.2) is 24.3 Å². The number of carbonyl (C=O) groups excluding carboxylic acids is 1.